The van der Waals surface area contributed by atoms with Gasteiger partial charge in [0.15, 0.2) is 0 Å². The molecular weight excluding hydrogens is 340 g/mol. The van der Waals surface area contributed by atoms with Crippen LogP contribution in [0.15, 0.2) is 59.0 Å². The topological polar surface area (TPSA) is 89.7 Å². The molecule has 0 saturated carbocycles. The summed E-state index contributed by atoms with van der Waals surface area (Å²) in [6, 6.07) is 13.9. The van der Waals surface area contributed by atoms with E-state index in [9.17, 15) is 10.1 Å². The van der Waals surface area contributed by atoms with Gasteiger partial charge in [0.25, 0.3) is 5.69 Å². The van der Waals surface area contributed by atoms with Crippen molar-refractivity contribution >= 4 is 28.4 Å². The molecule has 7 nitrogen and oxygen atoms in total. The normalized spacial score (nSPS) is 10.8. The lowest BCUT2D eigenvalue weighted by molar-refractivity contribution is -0.384. The first kappa shape index (κ1) is 16.6. The lowest BCUT2D eigenvalue weighted by atomic mass is 10.1. The molecule has 0 amide bonds. The Labute approximate surface area is 147 Å². The molecular formula is C17H14N4O3S. The highest BCUT2D eigenvalue weighted by Gasteiger charge is 2.09. The summed E-state index contributed by atoms with van der Waals surface area (Å²) in [5.41, 5.74) is 5.08. The van der Waals surface area contributed by atoms with E-state index < -0.39 is 4.92 Å². The monoisotopic (exact) mass is 354 g/mol. The summed E-state index contributed by atoms with van der Waals surface area (Å²) >= 11 is 1.37. The molecule has 0 saturated heterocycles. The lowest BCUT2D eigenvalue weighted by Crippen LogP contribution is -1.93. The number of nitrogens with zero attached hydrogens (tertiary/aromatic N) is 3. The van der Waals surface area contributed by atoms with Crippen LogP contribution in [0.5, 0.6) is 5.75 Å². The fraction of sp³-hybridized carbons (Fsp3) is 0.0588. The molecule has 0 radical (unpaired) electrons. The molecule has 0 bridgehead atoms. The Balaban J connectivity index is 1.73. The smallest absolute Gasteiger partial charge is 0.270 e. The maximum absolute atomic E-state index is 10.9. The van der Waals surface area contributed by atoms with E-state index in [2.05, 4.69) is 15.5 Å². The molecule has 0 fully saturated rings. The van der Waals surface area contributed by atoms with Gasteiger partial charge in [-0.3, -0.25) is 15.5 Å². The van der Waals surface area contributed by atoms with Gasteiger partial charge in [-0.05, 0) is 12.1 Å². The number of thiazole rings is 1. The first-order valence-corrected chi connectivity index (χ1v) is 8.18. The quantitative estimate of drug-likeness (QED) is 0.407. The molecule has 126 valence electrons. The number of hydrogen-bond donors (Lipinski definition) is 1. The van der Waals surface area contributed by atoms with Gasteiger partial charge in [0.05, 0.1) is 23.9 Å². The minimum absolute atomic E-state index is 0.0363. The predicted molar refractivity (Wildman–Crippen MR) is 98.4 cm³/mol. The number of nitro groups is 1. The van der Waals surface area contributed by atoms with Crippen LogP contribution in [-0.2, 0) is 0 Å². The van der Waals surface area contributed by atoms with Gasteiger partial charge in [-0.15, -0.1) is 11.3 Å². The molecule has 1 N–H and O–H groups in total. The number of nitro benzene ring substituents is 1. The van der Waals surface area contributed by atoms with Gasteiger partial charge >= 0.3 is 0 Å². The second kappa shape index (κ2) is 7.54. The van der Waals surface area contributed by atoms with E-state index in [0.29, 0.717) is 16.4 Å². The number of anilines is 1. The minimum atomic E-state index is -0.424. The second-order valence-electron chi connectivity index (χ2n) is 4.96. The fourth-order valence-corrected chi connectivity index (χ4v) is 2.84. The van der Waals surface area contributed by atoms with Crippen molar-refractivity contribution < 1.29 is 9.66 Å². The largest absolute Gasteiger partial charge is 0.496 e. The lowest BCUT2D eigenvalue weighted by Gasteiger charge is -2.02. The summed E-state index contributed by atoms with van der Waals surface area (Å²) in [4.78, 5) is 14.8. The van der Waals surface area contributed by atoms with E-state index in [0.717, 1.165) is 11.3 Å². The summed E-state index contributed by atoms with van der Waals surface area (Å²) < 4.78 is 5.25. The van der Waals surface area contributed by atoms with Crippen LogP contribution in [0.4, 0.5) is 10.8 Å². The van der Waals surface area contributed by atoms with Gasteiger partial charge in [-0.1, -0.05) is 24.3 Å². The van der Waals surface area contributed by atoms with Crippen LogP contribution in [-0.4, -0.2) is 23.2 Å². The van der Waals surface area contributed by atoms with Crippen molar-refractivity contribution in [3.8, 4) is 17.0 Å². The van der Waals surface area contributed by atoms with Gasteiger partial charge in [0, 0.05) is 28.6 Å². The number of aromatic nitrogens is 1. The Hall–Kier alpha value is -3.26. The zero-order chi connectivity index (χ0) is 17.6. The summed E-state index contributed by atoms with van der Waals surface area (Å²) in [7, 11) is 1.60. The molecule has 0 aliphatic rings. The molecule has 1 aromatic heterocycles. The highest BCUT2D eigenvalue weighted by atomic mass is 32.1. The Bertz CT molecular complexity index is 924. The summed E-state index contributed by atoms with van der Waals surface area (Å²) in [5.74, 6) is 0.726. The molecule has 3 rings (SSSR count). The van der Waals surface area contributed by atoms with Crippen molar-refractivity contribution in [1.82, 2.24) is 4.98 Å². The molecule has 3 aromatic rings. The number of non-ortho nitro benzene ring substituents is 1. The van der Waals surface area contributed by atoms with E-state index in [-0.39, 0.29) is 5.69 Å². The van der Waals surface area contributed by atoms with Crippen molar-refractivity contribution in [2.75, 3.05) is 12.5 Å². The Morgan fingerprint density at radius 3 is 2.92 bits per heavy atom. The third kappa shape index (κ3) is 3.99. The predicted octanol–water partition coefficient (Wildman–Crippen LogP) is 4.17. The van der Waals surface area contributed by atoms with Crippen LogP contribution in [0.2, 0.25) is 0 Å². The van der Waals surface area contributed by atoms with Gasteiger partial charge in [0.1, 0.15) is 5.75 Å². The number of ether oxygens (including phenoxy) is 1. The first-order valence-electron chi connectivity index (χ1n) is 7.30. The SMILES string of the molecule is COc1ccccc1/C=N\Nc1nc(-c2cccc([N+](=O)[O-])c2)cs1. The number of rotatable bonds is 6. The minimum Gasteiger partial charge on any atom is -0.496 e. The highest BCUT2D eigenvalue weighted by Crippen LogP contribution is 2.27. The van der Waals surface area contributed by atoms with Crippen LogP contribution in [0, 0.1) is 10.1 Å². The van der Waals surface area contributed by atoms with Gasteiger partial charge < -0.3 is 4.74 Å². The standard InChI is InChI=1S/C17H14N4O3S/c1-24-16-8-3-2-5-13(16)10-18-20-17-19-15(11-25-17)12-6-4-7-14(9-12)21(22)23/h2-11H,1H3,(H,19,20)/b18-10-. The van der Waals surface area contributed by atoms with E-state index in [1.54, 1.807) is 25.5 Å². The zero-order valence-electron chi connectivity index (χ0n) is 13.2. The van der Waals surface area contributed by atoms with Gasteiger partial charge in [-0.25, -0.2) is 4.98 Å². The van der Waals surface area contributed by atoms with Crippen LogP contribution >= 0.6 is 11.3 Å². The van der Waals surface area contributed by atoms with Gasteiger partial charge in [0.2, 0.25) is 5.13 Å². The van der Waals surface area contributed by atoms with Gasteiger partial charge in [-0.2, -0.15) is 5.10 Å². The number of methoxy groups -OCH3 is 1. The molecule has 0 atom stereocenters. The summed E-state index contributed by atoms with van der Waals surface area (Å²) in [6.07, 6.45) is 1.65. The maximum atomic E-state index is 10.9. The maximum Gasteiger partial charge on any atom is 0.270 e. The third-order valence-electron chi connectivity index (χ3n) is 3.36. The number of hydrazone groups is 1. The van der Waals surface area contributed by atoms with Crippen LogP contribution in [0.25, 0.3) is 11.3 Å². The molecule has 1 heterocycles. The Morgan fingerprint density at radius 2 is 2.12 bits per heavy atom. The molecule has 25 heavy (non-hydrogen) atoms. The molecule has 0 unspecified atom stereocenters. The van der Waals surface area contributed by atoms with Crippen molar-refractivity contribution in [3.63, 3.8) is 0 Å². The molecule has 8 heteroatoms. The van der Waals surface area contributed by atoms with Crippen molar-refractivity contribution in [2.24, 2.45) is 5.10 Å². The molecule has 0 aliphatic heterocycles. The number of nitrogens with one attached hydrogen (secondary N) is 1. The van der Waals surface area contributed by atoms with Crippen molar-refractivity contribution in [3.05, 3.63) is 69.6 Å². The van der Waals surface area contributed by atoms with E-state index in [1.165, 1.54) is 23.5 Å². The van der Waals surface area contributed by atoms with Crippen LogP contribution in [0.1, 0.15) is 5.56 Å². The van der Waals surface area contributed by atoms with E-state index in [4.69, 9.17) is 4.74 Å². The molecule has 0 spiro atoms. The Kier molecular flexibility index (Phi) is 5.00. The zero-order valence-corrected chi connectivity index (χ0v) is 14.1. The van der Waals surface area contributed by atoms with E-state index >= 15 is 0 Å². The third-order valence-corrected chi connectivity index (χ3v) is 4.11. The summed E-state index contributed by atoms with van der Waals surface area (Å²) in [5, 5.41) is 17.4. The van der Waals surface area contributed by atoms with E-state index in [1.807, 2.05) is 29.6 Å². The van der Waals surface area contributed by atoms with Crippen LogP contribution < -0.4 is 10.2 Å². The van der Waals surface area contributed by atoms with Crippen LogP contribution in [0.3, 0.4) is 0 Å². The number of benzene rings is 2. The first-order chi connectivity index (χ1) is 12.2. The Morgan fingerprint density at radius 1 is 1.28 bits per heavy atom. The fourth-order valence-electron chi connectivity index (χ4n) is 2.17. The summed E-state index contributed by atoms with van der Waals surface area (Å²) in [6.45, 7) is 0. The average Bonchev–Trinajstić information content (AvgIpc) is 3.11. The molecule has 2 aromatic carbocycles. The van der Waals surface area contributed by atoms with Crippen molar-refractivity contribution in [1.29, 1.82) is 0 Å². The molecule has 0 aliphatic carbocycles. The van der Waals surface area contributed by atoms with Crippen molar-refractivity contribution in [2.45, 2.75) is 0 Å². The second-order valence-corrected chi connectivity index (χ2v) is 5.82. The average molecular weight is 354 g/mol. The number of hydrogen-bond acceptors (Lipinski definition) is 7. The highest BCUT2D eigenvalue weighted by molar-refractivity contribution is 7.14. The number of para-hydroxylation sites is 1.